The van der Waals surface area contributed by atoms with Gasteiger partial charge in [0.1, 0.15) is 11.4 Å². The zero-order valence-electron chi connectivity index (χ0n) is 19.0. The number of pyridine rings is 2. The van der Waals surface area contributed by atoms with Crippen LogP contribution in [0.1, 0.15) is 27.7 Å². The van der Waals surface area contributed by atoms with Crippen LogP contribution in [0.4, 0.5) is 10.6 Å². The van der Waals surface area contributed by atoms with Gasteiger partial charge in [-0.25, -0.2) is 19.6 Å². The second-order valence-corrected chi connectivity index (χ2v) is 9.25. The van der Waals surface area contributed by atoms with Crippen LogP contribution in [0, 0.1) is 11.8 Å². The molecule has 32 heavy (non-hydrogen) atoms. The SMILES string of the molecule is CCOC(=O)COc1ccc2c(N3CC4CN(C(=O)OC(C)(C)C)CC4C3)nccc2n1. The van der Waals surface area contributed by atoms with Gasteiger partial charge in [-0.1, -0.05) is 0 Å². The number of likely N-dealkylation sites (tertiary alicyclic amines) is 1. The molecule has 4 heterocycles. The lowest BCUT2D eigenvalue weighted by Crippen LogP contribution is -2.37. The molecule has 2 atom stereocenters. The number of rotatable bonds is 5. The van der Waals surface area contributed by atoms with Crippen molar-refractivity contribution in [3.63, 3.8) is 0 Å². The van der Waals surface area contributed by atoms with Crippen LogP contribution in [0.3, 0.4) is 0 Å². The molecular weight excluding hydrogens is 412 g/mol. The first-order valence-corrected chi connectivity index (χ1v) is 11.0. The average molecular weight is 443 g/mol. The fraction of sp³-hybridized carbons (Fsp3) is 0.565. The van der Waals surface area contributed by atoms with Crippen molar-refractivity contribution in [2.24, 2.45) is 11.8 Å². The van der Waals surface area contributed by atoms with Crippen LogP contribution in [0.5, 0.6) is 5.88 Å². The van der Waals surface area contributed by atoms with E-state index in [9.17, 15) is 9.59 Å². The van der Waals surface area contributed by atoms with Crippen molar-refractivity contribution in [2.75, 3.05) is 44.3 Å². The Labute approximate surface area is 187 Å². The van der Waals surface area contributed by atoms with Gasteiger partial charge in [-0.05, 0) is 39.8 Å². The van der Waals surface area contributed by atoms with Gasteiger partial charge in [-0.3, -0.25) is 0 Å². The highest BCUT2D eigenvalue weighted by Gasteiger charge is 2.43. The van der Waals surface area contributed by atoms with Gasteiger partial charge in [0, 0.05) is 55.7 Å². The quantitative estimate of drug-likeness (QED) is 0.653. The minimum absolute atomic E-state index is 0.173. The molecule has 9 nitrogen and oxygen atoms in total. The molecule has 2 unspecified atom stereocenters. The Bertz CT molecular complexity index is 992. The summed E-state index contributed by atoms with van der Waals surface area (Å²) in [6, 6.07) is 5.50. The van der Waals surface area contributed by atoms with E-state index in [1.165, 1.54) is 0 Å². The monoisotopic (exact) mass is 442 g/mol. The molecule has 0 radical (unpaired) electrons. The fourth-order valence-electron chi connectivity index (χ4n) is 4.33. The summed E-state index contributed by atoms with van der Waals surface area (Å²) in [5.41, 5.74) is 0.267. The van der Waals surface area contributed by atoms with Gasteiger partial charge in [0.25, 0.3) is 0 Å². The van der Waals surface area contributed by atoms with Gasteiger partial charge in [0.2, 0.25) is 5.88 Å². The third kappa shape index (κ3) is 4.87. The Morgan fingerprint density at radius 3 is 2.47 bits per heavy atom. The van der Waals surface area contributed by atoms with Crippen LogP contribution in [0.15, 0.2) is 24.4 Å². The predicted octanol–water partition coefficient (Wildman–Crippen LogP) is 2.87. The summed E-state index contributed by atoms with van der Waals surface area (Å²) in [5.74, 6) is 1.60. The van der Waals surface area contributed by atoms with Crippen LogP contribution in [-0.4, -0.2) is 71.9 Å². The molecule has 0 aliphatic carbocycles. The molecule has 4 rings (SSSR count). The molecule has 2 aromatic rings. The molecule has 1 amide bonds. The third-order valence-electron chi connectivity index (χ3n) is 5.65. The molecular formula is C23H30N4O5. The molecule has 2 saturated heterocycles. The van der Waals surface area contributed by atoms with E-state index in [4.69, 9.17) is 14.2 Å². The zero-order valence-corrected chi connectivity index (χ0v) is 19.0. The van der Waals surface area contributed by atoms with Gasteiger partial charge in [0.05, 0.1) is 12.1 Å². The van der Waals surface area contributed by atoms with E-state index in [0.717, 1.165) is 29.8 Å². The number of carbonyl (C=O) groups excluding carboxylic acids is 2. The molecule has 9 heteroatoms. The number of amides is 1. The zero-order chi connectivity index (χ0) is 22.9. The summed E-state index contributed by atoms with van der Waals surface area (Å²) in [4.78, 5) is 37.1. The van der Waals surface area contributed by atoms with E-state index < -0.39 is 11.6 Å². The Hall–Kier alpha value is -3.10. The molecule has 172 valence electrons. The Morgan fingerprint density at radius 1 is 1.09 bits per heavy atom. The molecule has 0 aromatic carbocycles. The van der Waals surface area contributed by atoms with E-state index in [-0.39, 0.29) is 12.7 Å². The Morgan fingerprint density at radius 2 is 1.81 bits per heavy atom. The lowest BCUT2D eigenvalue weighted by atomic mass is 10.0. The van der Waals surface area contributed by atoms with Gasteiger partial charge in [-0.15, -0.1) is 0 Å². The Balaban J connectivity index is 1.42. The van der Waals surface area contributed by atoms with Crippen molar-refractivity contribution in [1.29, 1.82) is 0 Å². The number of aromatic nitrogens is 2. The maximum Gasteiger partial charge on any atom is 0.410 e. The highest BCUT2D eigenvalue weighted by Crippen LogP contribution is 2.36. The molecule has 0 N–H and O–H groups in total. The minimum atomic E-state index is -0.487. The summed E-state index contributed by atoms with van der Waals surface area (Å²) in [5, 5.41) is 0.931. The number of anilines is 1. The normalized spacial score (nSPS) is 20.4. The van der Waals surface area contributed by atoms with Crippen molar-refractivity contribution in [2.45, 2.75) is 33.3 Å². The third-order valence-corrected chi connectivity index (χ3v) is 5.65. The van der Waals surface area contributed by atoms with Gasteiger partial charge in [0.15, 0.2) is 6.61 Å². The topological polar surface area (TPSA) is 94.1 Å². The van der Waals surface area contributed by atoms with Gasteiger partial charge >= 0.3 is 12.1 Å². The first-order chi connectivity index (χ1) is 15.2. The van der Waals surface area contributed by atoms with Crippen LogP contribution in [-0.2, 0) is 14.3 Å². The van der Waals surface area contributed by atoms with E-state index in [1.54, 1.807) is 19.2 Å². The summed E-state index contributed by atoms with van der Waals surface area (Å²) in [7, 11) is 0. The number of carbonyl (C=O) groups is 2. The Kier molecular flexibility index (Phi) is 6.08. The van der Waals surface area contributed by atoms with Crippen molar-refractivity contribution in [3.05, 3.63) is 24.4 Å². The van der Waals surface area contributed by atoms with Crippen molar-refractivity contribution < 1.29 is 23.8 Å². The summed E-state index contributed by atoms with van der Waals surface area (Å²) < 4.78 is 15.9. The van der Waals surface area contributed by atoms with Crippen LogP contribution >= 0.6 is 0 Å². The predicted molar refractivity (Wildman–Crippen MR) is 119 cm³/mol. The molecule has 2 aromatic heterocycles. The largest absolute Gasteiger partial charge is 0.466 e. The summed E-state index contributed by atoms with van der Waals surface area (Å²) >= 11 is 0. The average Bonchev–Trinajstić information content (AvgIpc) is 3.30. The molecule has 2 aliphatic heterocycles. The number of ether oxygens (including phenoxy) is 3. The van der Waals surface area contributed by atoms with Crippen molar-refractivity contribution >= 4 is 28.8 Å². The smallest absolute Gasteiger partial charge is 0.410 e. The lowest BCUT2D eigenvalue weighted by molar-refractivity contribution is -0.145. The standard InChI is InChI=1S/C23H30N4O5/c1-5-30-20(28)14-31-19-7-6-17-18(25-19)8-9-24-21(17)26-10-15-12-27(13-16(15)11-26)22(29)32-23(2,3)4/h6-9,15-16H,5,10-14H2,1-4H3. The molecule has 0 bridgehead atoms. The van der Waals surface area contributed by atoms with Crippen LogP contribution in [0.25, 0.3) is 10.9 Å². The van der Waals surface area contributed by atoms with Gasteiger partial charge in [-0.2, -0.15) is 0 Å². The number of esters is 1. The van der Waals surface area contributed by atoms with E-state index in [0.29, 0.717) is 37.4 Å². The lowest BCUT2D eigenvalue weighted by Gasteiger charge is -2.26. The number of nitrogens with zero attached hydrogens (tertiary/aromatic N) is 4. The molecule has 2 aliphatic rings. The summed E-state index contributed by atoms with van der Waals surface area (Å²) in [6.07, 6.45) is 1.50. The molecule has 0 spiro atoms. The number of hydrogen-bond acceptors (Lipinski definition) is 8. The second kappa shape index (κ2) is 8.80. The maximum atomic E-state index is 12.4. The highest BCUT2D eigenvalue weighted by atomic mass is 16.6. The second-order valence-electron chi connectivity index (χ2n) is 9.25. The van der Waals surface area contributed by atoms with E-state index >= 15 is 0 Å². The fourth-order valence-corrected chi connectivity index (χ4v) is 4.33. The summed E-state index contributed by atoms with van der Waals surface area (Å²) in [6.45, 7) is 10.6. The maximum absolute atomic E-state index is 12.4. The minimum Gasteiger partial charge on any atom is -0.466 e. The van der Waals surface area contributed by atoms with Crippen molar-refractivity contribution in [1.82, 2.24) is 14.9 Å². The molecule has 2 fully saturated rings. The number of hydrogen-bond donors (Lipinski definition) is 0. The molecule has 0 saturated carbocycles. The van der Waals surface area contributed by atoms with E-state index in [1.807, 2.05) is 37.8 Å². The first-order valence-electron chi connectivity index (χ1n) is 11.0. The van der Waals surface area contributed by atoms with Crippen LogP contribution < -0.4 is 9.64 Å². The van der Waals surface area contributed by atoms with E-state index in [2.05, 4.69) is 14.9 Å². The van der Waals surface area contributed by atoms with Crippen LogP contribution in [0.2, 0.25) is 0 Å². The van der Waals surface area contributed by atoms with Crippen molar-refractivity contribution in [3.8, 4) is 5.88 Å². The first kappa shape index (κ1) is 22.1. The number of fused-ring (bicyclic) bond motifs is 2. The highest BCUT2D eigenvalue weighted by molar-refractivity contribution is 5.90. The van der Waals surface area contributed by atoms with Gasteiger partial charge < -0.3 is 24.0 Å².